The number of likely N-dealkylation sites (tertiary alicyclic amines) is 1. The Balaban J connectivity index is 0.000000555. The molecule has 3 heterocycles. The molecule has 12 nitrogen and oxygen atoms in total. The van der Waals surface area contributed by atoms with Crippen LogP contribution in [-0.4, -0.2) is 79.3 Å². The number of carbonyl (C=O) groups is 2. The number of aromatic nitrogens is 2. The van der Waals surface area contributed by atoms with Crippen molar-refractivity contribution in [3.05, 3.63) is 12.1 Å². The first-order valence-electron chi connectivity index (χ1n) is 10.2. The number of carbonyl (C=O) groups excluding carboxylic acids is 2. The van der Waals surface area contributed by atoms with Gasteiger partial charge in [-0.2, -0.15) is 13.4 Å². The number of amides is 2. The van der Waals surface area contributed by atoms with Crippen LogP contribution in [0.2, 0.25) is 0 Å². The monoisotopic (exact) mass is 481 g/mol. The van der Waals surface area contributed by atoms with Gasteiger partial charge in [-0.05, 0) is 18.9 Å². The van der Waals surface area contributed by atoms with Gasteiger partial charge in [0.1, 0.15) is 5.82 Å². The lowest BCUT2D eigenvalue weighted by molar-refractivity contribution is -0.141. The molecule has 1 aromatic heterocycles. The summed E-state index contributed by atoms with van der Waals surface area (Å²) in [6, 6.07) is 3.51. The molecule has 2 saturated heterocycles. The molecule has 2 aromatic rings. The molecule has 1 aromatic carbocycles. The van der Waals surface area contributed by atoms with Gasteiger partial charge in [0.05, 0.1) is 26.0 Å². The van der Waals surface area contributed by atoms with Crippen LogP contribution in [-0.2, 0) is 19.7 Å². The van der Waals surface area contributed by atoms with Crippen molar-refractivity contribution in [1.29, 1.82) is 0 Å². The molecule has 0 atom stereocenters. The number of fused-ring (bicyclic) bond motifs is 1. The van der Waals surface area contributed by atoms with Crippen LogP contribution in [0.4, 0.5) is 11.8 Å². The Morgan fingerprint density at radius 1 is 1.03 bits per heavy atom. The molecule has 2 amide bonds. The number of methoxy groups -OCH3 is 2. The lowest BCUT2D eigenvalue weighted by Gasteiger charge is -2.35. The van der Waals surface area contributed by atoms with Crippen LogP contribution in [0.5, 0.6) is 11.5 Å². The maximum Gasteiger partial charge on any atom is 0.261 e. The molecule has 33 heavy (non-hydrogen) atoms. The van der Waals surface area contributed by atoms with Crippen molar-refractivity contribution in [2.75, 3.05) is 44.2 Å². The van der Waals surface area contributed by atoms with Crippen molar-refractivity contribution < 1.29 is 32.0 Å². The molecule has 0 spiro atoms. The van der Waals surface area contributed by atoms with Gasteiger partial charge in [0.15, 0.2) is 11.5 Å². The lowest BCUT2D eigenvalue weighted by Crippen LogP contribution is -2.47. The minimum Gasteiger partial charge on any atom is -0.493 e. The van der Waals surface area contributed by atoms with Gasteiger partial charge in [0, 0.05) is 43.4 Å². The summed E-state index contributed by atoms with van der Waals surface area (Å²) in [5.41, 5.74) is 6.84. The second kappa shape index (κ2) is 9.75. The number of nitrogens with zero attached hydrogens (tertiary/aromatic N) is 4. The van der Waals surface area contributed by atoms with E-state index in [9.17, 15) is 18.0 Å². The molecular weight excluding hydrogens is 454 g/mol. The van der Waals surface area contributed by atoms with E-state index in [2.05, 4.69) is 9.97 Å². The zero-order valence-corrected chi connectivity index (χ0v) is 19.5. The third-order valence-electron chi connectivity index (χ3n) is 5.42. The first-order chi connectivity index (χ1) is 15.5. The SMILES string of the molecule is COc1cc2nc(N3CCC(N4C(=O)CCC4=O)CC3)nc(N)c2cc1OC.CS(=O)(=O)O. The fourth-order valence-corrected chi connectivity index (χ4v) is 3.93. The Morgan fingerprint density at radius 2 is 1.55 bits per heavy atom. The van der Waals surface area contributed by atoms with E-state index in [0.717, 1.165) is 0 Å². The maximum absolute atomic E-state index is 12.0. The summed E-state index contributed by atoms with van der Waals surface area (Å²) in [6.07, 6.45) is 2.77. The summed E-state index contributed by atoms with van der Waals surface area (Å²) in [6.45, 7) is 1.31. The predicted octanol–water partition coefficient (Wildman–Crippen LogP) is 0.851. The Hall–Kier alpha value is -3.19. The fourth-order valence-electron chi connectivity index (χ4n) is 3.93. The summed E-state index contributed by atoms with van der Waals surface area (Å²) in [7, 11) is -0.532. The average Bonchev–Trinajstić information content (AvgIpc) is 3.09. The van der Waals surface area contributed by atoms with Gasteiger partial charge in [-0.1, -0.05) is 0 Å². The number of anilines is 2. The normalized spacial score (nSPS) is 17.2. The molecule has 4 rings (SSSR count). The summed E-state index contributed by atoms with van der Waals surface area (Å²) in [5.74, 6) is 1.93. The minimum absolute atomic E-state index is 0.0408. The van der Waals surface area contributed by atoms with E-state index >= 15 is 0 Å². The van der Waals surface area contributed by atoms with E-state index in [-0.39, 0.29) is 17.9 Å². The van der Waals surface area contributed by atoms with Crippen LogP contribution in [0.3, 0.4) is 0 Å². The number of hydrogen-bond acceptors (Lipinski definition) is 10. The quantitative estimate of drug-likeness (QED) is 0.469. The number of rotatable bonds is 4. The van der Waals surface area contributed by atoms with Crippen molar-refractivity contribution in [3.63, 3.8) is 0 Å². The van der Waals surface area contributed by atoms with Gasteiger partial charge in [0.25, 0.3) is 10.1 Å². The van der Waals surface area contributed by atoms with Crippen molar-refractivity contribution in [1.82, 2.24) is 14.9 Å². The first-order valence-corrected chi connectivity index (χ1v) is 12.1. The molecule has 180 valence electrons. The first kappa shape index (κ1) is 24.5. The van der Waals surface area contributed by atoms with Crippen LogP contribution in [0.1, 0.15) is 25.7 Å². The number of benzene rings is 1. The van der Waals surface area contributed by atoms with Crippen LogP contribution >= 0.6 is 0 Å². The van der Waals surface area contributed by atoms with E-state index in [1.165, 1.54) is 4.90 Å². The number of ether oxygens (including phenoxy) is 2. The molecule has 2 aliphatic heterocycles. The van der Waals surface area contributed by atoms with Crippen molar-refractivity contribution in [3.8, 4) is 11.5 Å². The van der Waals surface area contributed by atoms with Gasteiger partial charge in [-0.25, -0.2) is 4.98 Å². The van der Waals surface area contributed by atoms with Crippen LogP contribution in [0.25, 0.3) is 10.9 Å². The van der Waals surface area contributed by atoms with Gasteiger partial charge < -0.3 is 20.1 Å². The summed E-state index contributed by atoms with van der Waals surface area (Å²) in [5, 5.41) is 0.699. The largest absolute Gasteiger partial charge is 0.493 e. The number of hydrogen-bond donors (Lipinski definition) is 2. The van der Waals surface area contributed by atoms with Crippen LogP contribution in [0.15, 0.2) is 12.1 Å². The molecule has 0 bridgehead atoms. The highest BCUT2D eigenvalue weighted by molar-refractivity contribution is 7.85. The molecule has 3 N–H and O–H groups in total. The summed E-state index contributed by atoms with van der Waals surface area (Å²) < 4.78 is 36.5. The Labute approximate surface area is 191 Å². The molecule has 0 unspecified atom stereocenters. The highest BCUT2D eigenvalue weighted by Gasteiger charge is 2.36. The predicted molar refractivity (Wildman–Crippen MR) is 121 cm³/mol. The molecule has 13 heteroatoms. The highest BCUT2D eigenvalue weighted by atomic mass is 32.2. The van der Waals surface area contributed by atoms with E-state index in [1.54, 1.807) is 26.4 Å². The highest BCUT2D eigenvalue weighted by Crippen LogP contribution is 2.34. The van der Waals surface area contributed by atoms with Gasteiger partial charge in [-0.3, -0.25) is 19.0 Å². The Bertz CT molecular complexity index is 1140. The average molecular weight is 482 g/mol. The Morgan fingerprint density at radius 3 is 2.06 bits per heavy atom. The molecule has 0 radical (unpaired) electrons. The maximum atomic E-state index is 12.0. The minimum atomic E-state index is -3.67. The standard InChI is InChI=1S/C19H23N5O4.CH4O3S/c1-27-14-9-12-13(10-15(14)28-2)21-19(22-18(12)20)23-7-5-11(6-8-23)24-16(25)3-4-17(24)26;1-5(2,3)4/h9-11H,3-8H2,1-2H3,(H2,20,21,22);1H3,(H,2,3,4). The second-order valence-corrected chi connectivity index (χ2v) is 9.21. The summed E-state index contributed by atoms with van der Waals surface area (Å²) >= 11 is 0. The van der Waals surface area contributed by atoms with E-state index < -0.39 is 10.1 Å². The zero-order chi connectivity index (χ0) is 24.3. The molecule has 0 saturated carbocycles. The summed E-state index contributed by atoms with van der Waals surface area (Å²) in [4.78, 5) is 36.5. The fraction of sp³-hybridized carbons (Fsp3) is 0.500. The van der Waals surface area contributed by atoms with E-state index in [1.807, 2.05) is 4.90 Å². The zero-order valence-electron chi connectivity index (χ0n) is 18.6. The second-order valence-electron chi connectivity index (χ2n) is 7.74. The van der Waals surface area contributed by atoms with E-state index in [0.29, 0.717) is 79.2 Å². The van der Waals surface area contributed by atoms with Crippen LogP contribution < -0.4 is 20.1 Å². The third kappa shape index (κ3) is 5.79. The smallest absolute Gasteiger partial charge is 0.261 e. The third-order valence-corrected chi connectivity index (χ3v) is 5.42. The van der Waals surface area contributed by atoms with Crippen molar-refractivity contribution in [2.45, 2.75) is 31.7 Å². The molecule has 2 fully saturated rings. The number of imide groups is 1. The molecule has 2 aliphatic rings. The van der Waals surface area contributed by atoms with Gasteiger partial charge in [-0.15, -0.1) is 0 Å². The van der Waals surface area contributed by atoms with Crippen LogP contribution in [0, 0.1) is 0 Å². The van der Waals surface area contributed by atoms with E-state index in [4.69, 9.17) is 19.8 Å². The number of nitrogens with two attached hydrogens (primary N) is 1. The number of nitrogen functional groups attached to an aromatic ring is 1. The number of piperidine rings is 1. The molecule has 0 aliphatic carbocycles. The molecular formula is C20H27N5O7S. The Kier molecular flexibility index (Phi) is 7.22. The van der Waals surface area contributed by atoms with Crippen molar-refractivity contribution in [2.24, 2.45) is 0 Å². The van der Waals surface area contributed by atoms with Crippen molar-refractivity contribution >= 4 is 44.6 Å². The van der Waals surface area contributed by atoms with Gasteiger partial charge in [0.2, 0.25) is 17.8 Å². The van der Waals surface area contributed by atoms with Gasteiger partial charge >= 0.3 is 0 Å². The topological polar surface area (TPSA) is 165 Å². The lowest BCUT2D eigenvalue weighted by atomic mass is 10.0.